The topological polar surface area (TPSA) is 123 Å². The Bertz CT molecular complexity index is 1190. The lowest BCUT2D eigenvalue weighted by atomic mass is 10.2. The Morgan fingerprint density at radius 2 is 1.86 bits per heavy atom. The third kappa shape index (κ3) is 3.54. The lowest BCUT2D eigenvalue weighted by molar-refractivity contribution is 0.0366. The number of anilines is 1. The number of hydrogen-bond donors (Lipinski definition) is 2. The fourth-order valence-electron chi connectivity index (χ4n) is 3.62. The largest absolute Gasteiger partial charge is 0.384 e. The number of aromatic nitrogens is 3. The van der Waals surface area contributed by atoms with Gasteiger partial charge in [0.2, 0.25) is 9.84 Å². The zero-order chi connectivity index (χ0) is 20.6. The Kier molecular flexibility index (Phi) is 5.15. The second kappa shape index (κ2) is 7.62. The molecule has 3 aromatic rings. The van der Waals surface area contributed by atoms with Crippen molar-refractivity contribution in [3.05, 3.63) is 46.4 Å². The SMILES string of the molecule is Cc1ccc(S(=O)(=O)c2c(N)n(CCN3CCOCC3)c3c(=O)[nH]ncc23)cc1. The summed E-state index contributed by atoms with van der Waals surface area (Å²) in [5, 5.41) is 6.41. The van der Waals surface area contributed by atoms with Crippen LogP contribution in [-0.2, 0) is 21.1 Å². The first-order valence-corrected chi connectivity index (χ1v) is 10.8. The van der Waals surface area contributed by atoms with Crippen molar-refractivity contribution in [2.24, 2.45) is 0 Å². The van der Waals surface area contributed by atoms with E-state index in [-0.39, 0.29) is 26.5 Å². The number of fused-ring (bicyclic) bond motifs is 1. The van der Waals surface area contributed by atoms with Gasteiger partial charge < -0.3 is 15.0 Å². The molecular weight excluding hydrogens is 394 g/mol. The minimum Gasteiger partial charge on any atom is -0.384 e. The lowest BCUT2D eigenvalue weighted by Crippen LogP contribution is -2.38. The van der Waals surface area contributed by atoms with E-state index in [1.165, 1.54) is 6.20 Å². The Labute approximate surface area is 168 Å². The van der Waals surface area contributed by atoms with E-state index in [0.717, 1.165) is 18.7 Å². The zero-order valence-electron chi connectivity index (χ0n) is 16.1. The molecule has 0 aliphatic carbocycles. The van der Waals surface area contributed by atoms with Crippen LogP contribution in [0.4, 0.5) is 5.82 Å². The van der Waals surface area contributed by atoms with Gasteiger partial charge in [-0.05, 0) is 19.1 Å². The molecule has 4 rings (SSSR count). The number of sulfone groups is 1. The van der Waals surface area contributed by atoms with Gasteiger partial charge in [-0.2, -0.15) is 5.10 Å². The average molecular weight is 417 g/mol. The molecule has 0 bridgehead atoms. The van der Waals surface area contributed by atoms with E-state index in [2.05, 4.69) is 15.1 Å². The number of aryl methyl sites for hydroxylation is 1. The summed E-state index contributed by atoms with van der Waals surface area (Å²) in [5.41, 5.74) is 7.01. The number of nitrogen functional groups attached to an aromatic ring is 1. The Morgan fingerprint density at radius 3 is 2.55 bits per heavy atom. The van der Waals surface area contributed by atoms with Crippen LogP contribution in [0.2, 0.25) is 0 Å². The van der Waals surface area contributed by atoms with Gasteiger partial charge in [0.25, 0.3) is 5.56 Å². The molecule has 3 heterocycles. The Balaban J connectivity index is 1.82. The number of nitrogens with two attached hydrogens (primary N) is 1. The van der Waals surface area contributed by atoms with E-state index >= 15 is 0 Å². The van der Waals surface area contributed by atoms with Gasteiger partial charge in [0.1, 0.15) is 16.2 Å². The first-order chi connectivity index (χ1) is 13.9. The third-order valence-corrected chi connectivity index (χ3v) is 7.07. The highest BCUT2D eigenvalue weighted by atomic mass is 32.2. The number of nitrogens with zero attached hydrogens (tertiary/aromatic N) is 3. The molecule has 1 aromatic carbocycles. The standard InChI is InChI=1S/C19H23N5O4S/c1-13-2-4-14(5-3-13)29(26,27)17-15-12-21-22-19(25)16(15)24(18(17)20)7-6-23-8-10-28-11-9-23/h2-5,12H,6-11,20H2,1H3,(H,22,25). The zero-order valence-corrected chi connectivity index (χ0v) is 16.9. The van der Waals surface area contributed by atoms with Crippen LogP contribution in [0.1, 0.15) is 5.56 Å². The van der Waals surface area contributed by atoms with Gasteiger partial charge in [-0.15, -0.1) is 0 Å². The maximum Gasteiger partial charge on any atom is 0.288 e. The van der Waals surface area contributed by atoms with Crippen LogP contribution >= 0.6 is 0 Å². The molecule has 0 atom stereocenters. The molecule has 9 nitrogen and oxygen atoms in total. The van der Waals surface area contributed by atoms with Gasteiger partial charge in [0.15, 0.2) is 0 Å². The van der Waals surface area contributed by atoms with Crippen LogP contribution in [0.25, 0.3) is 10.9 Å². The fourth-order valence-corrected chi connectivity index (χ4v) is 5.18. The summed E-state index contributed by atoms with van der Waals surface area (Å²) in [6, 6.07) is 6.54. The summed E-state index contributed by atoms with van der Waals surface area (Å²) < 4.78 is 33.6. The van der Waals surface area contributed by atoms with Crippen molar-refractivity contribution in [2.75, 3.05) is 38.6 Å². The van der Waals surface area contributed by atoms with Gasteiger partial charge in [-0.3, -0.25) is 9.69 Å². The van der Waals surface area contributed by atoms with Crippen molar-refractivity contribution in [1.29, 1.82) is 0 Å². The molecule has 10 heteroatoms. The third-order valence-electron chi connectivity index (χ3n) is 5.21. The lowest BCUT2D eigenvalue weighted by Gasteiger charge is -2.26. The van der Waals surface area contributed by atoms with Crippen molar-refractivity contribution in [3.8, 4) is 0 Å². The molecular formula is C19H23N5O4S. The van der Waals surface area contributed by atoms with Crippen molar-refractivity contribution >= 4 is 26.6 Å². The average Bonchev–Trinajstić information content (AvgIpc) is 3.00. The summed E-state index contributed by atoms with van der Waals surface area (Å²) >= 11 is 0. The van der Waals surface area contributed by atoms with Crippen molar-refractivity contribution in [3.63, 3.8) is 0 Å². The van der Waals surface area contributed by atoms with Crippen molar-refractivity contribution in [2.45, 2.75) is 23.3 Å². The fraction of sp³-hybridized carbons (Fsp3) is 0.368. The molecule has 0 unspecified atom stereocenters. The van der Waals surface area contributed by atoms with Crippen molar-refractivity contribution in [1.82, 2.24) is 19.7 Å². The second-order valence-electron chi connectivity index (χ2n) is 7.10. The second-order valence-corrected chi connectivity index (χ2v) is 8.98. The first kappa shape index (κ1) is 19.6. The van der Waals surface area contributed by atoms with Gasteiger partial charge >= 0.3 is 0 Å². The minimum atomic E-state index is -3.92. The molecule has 1 aliphatic heterocycles. The molecule has 2 aromatic heterocycles. The van der Waals surface area contributed by atoms with E-state index in [0.29, 0.717) is 26.3 Å². The molecule has 1 fully saturated rings. The summed E-state index contributed by atoms with van der Waals surface area (Å²) in [6.45, 7) is 5.77. The monoisotopic (exact) mass is 417 g/mol. The highest BCUT2D eigenvalue weighted by Gasteiger charge is 2.29. The molecule has 1 saturated heterocycles. The number of nitrogens with one attached hydrogen (secondary N) is 1. The Hall–Kier alpha value is -2.69. The van der Waals surface area contributed by atoms with E-state index in [9.17, 15) is 13.2 Å². The smallest absolute Gasteiger partial charge is 0.288 e. The van der Waals surface area contributed by atoms with Crippen LogP contribution < -0.4 is 11.3 Å². The maximum atomic E-state index is 13.4. The van der Waals surface area contributed by atoms with Gasteiger partial charge in [-0.1, -0.05) is 17.7 Å². The van der Waals surface area contributed by atoms with Crippen LogP contribution in [-0.4, -0.2) is 60.9 Å². The summed E-state index contributed by atoms with van der Waals surface area (Å²) in [4.78, 5) is 14.7. The highest BCUT2D eigenvalue weighted by Crippen LogP contribution is 2.34. The van der Waals surface area contributed by atoms with Crippen LogP contribution in [0.5, 0.6) is 0 Å². The summed E-state index contributed by atoms with van der Waals surface area (Å²) in [5.74, 6) is 0.0485. The number of aromatic amines is 1. The number of hydrogen-bond acceptors (Lipinski definition) is 7. The minimum absolute atomic E-state index is 0.0485. The number of benzene rings is 1. The predicted octanol–water partition coefficient (Wildman–Crippen LogP) is 0.780. The molecule has 0 spiro atoms. The van der Waals surface area contributed by atoms with Gasteiger partial charge in [0.05, 0.1) is 24.3 Å². The predicted molar refractivity (Wildman–Crippen MR) is 109 cm³/mol. The van der Waals surface area contributed by atoms with Crippen LogP contribution in [0, 0.1) is 6.92 Å². The molecule has 0 radical (unpaired) electrons. The molecule has 0 amide bonds. The van der Waals surface area contributed by atoms with Crippen LogP contribution in [0.3, 0.4) is 0 Å². The first-order valence-electron chi connectivity index (χ1n) is 9.37. The highest BCUT2D eigenvalue weighted by molar-refractivity contribution is 7.92. The van der Waals surface area contributed by atoms with Crippen molar-refractivity contribution < 1.29 is 13.2 Å². The molecule has 29 heavy (non-hydrogen) atoms. The van der Waals surface area contributed by atoms with E-state index < -0.39 is 15.4 Å². The number of rotatable bonds is 5. The van der Waals surface area contributed by atoms with E-state index in [1.54, 1.807) is 28.8 Å². The quantitative estimate of drug-likeness (QED) is 0.629. The molecule has 3 N–H and O–H groups in total. The van der Waals surface area contributed by atoms with Crippen LogP contribution in [0.15, 0.2) is 45.0 Å². The number of morpholine rings is 1. The maximum absolute atomic E-state index is 13.4. The van der Waals surface area contributed by atoms with E-state index in [4.69, 9.17) is 10.5 Å². The molecule has 1 aliphatic rings. The van der Waals surface area contributed by atoms with Gasteiger partial charge in [-0.25, -0.2) is 13.5 Å². The molecule has 154 valence electrons. The summed E-state index contributed by atoms with van der Waals surface area (Å²) in [7, 11) is -3.92. The molecule has 0 saturated carbocycles. The van der Waals surface area contributed by atoms with Gasteiger partial charge in [0, 0.05) is 31.6 Å². The van der Waals surface area contributed by atoms with E-state index in [1.807, 2.05) is 6.92 Å². The Morgan fingerprint density at radius 1 is 1.17 bits per heavy atom. The number of ether oxygens (including phenoxy) is 1. The summed E-state index contributed by atoms with van der Waals surface area (Å²) in [6.07, 6.45) is 1.35. The number of H-pyrrole nitrogens is 1. The normalized spacial score (nSPS) is 15.8.